The monoisotopic (exact) mass is 214 g/mol. The number of hydrogen-bond donors (Lipinski definition) is 2. The lowest BCUT2D eigenvalue weighted by molar-refractivity contribution is 0.568. The highest BCUT2D eigenvalue weighted by atomic mass is 35.5. The molecule has 0 aliphatic carbocycles. The smallest absolute Gasteiger partial charge is 0.149 e. The molecule has 4 nitrogen and oxygen atoms in total. The molecule has 0 saturated heterocycles. The van der Waals surface area contributed by atoms with E-state index in [1.54, 1.807) is 6.20 Å². The first kappa shape index (κ1) is 11.2. The van der Waals surface area contributed by atoms with Gasteiger partial charge in [0.2, 0.25) is 0 Å². The van der Waals surface area contributed by atoms with Crippen molar-refractivity contribution in [2.75, 3.05) is 25.5 Å². The Labute approximate surface area is 89.1 Å². The van der Waals surface area contributed by atoms with Crippen molar-refractivity contribution in [2.24, 2.45) is 5.92 Å². The zero-order valence-corrected chi connectivity index (χ0v) is 9.17. The number of nitrogens with zero attached hydrogens (tertiary/aromatic N) is 2. The second kappa shape index (κ2) is 5.78. The van der Waals surface area contributed by atoms with Crippen LogP contribution in [-0.2, 0) is 0 Å². The van der Waals surface area contributed by atoms with Gasteiger partial charge in [0, 0.05) is 6.54 Å². The fourth-order valence-corrected chi connectivity index (χ4v) is 1.27. The van der Waals surface area contributed by atoms with E-state index in [0.717, 1.165) is 18.9 Å². The van der Waals surface area contributed by atoms with Crippen molar-refractivity contribution >= 4 is 17.4 Å². The van der Waals surface area contributed by atoms with Gasteiger partial charge in [-0.05, 0) is 19.5 Å². The summed E-state index contributed by atoms with van der Waals surface area (Å²) in [6.07, 6.45) is 3.18. The van der Waals surface area contributed by atoms with Crippen LogP contribution in [0.4, 0.5) is 5.82 Å². The lowest BCUT2D eigenvalue weighted by atomic mass is 10.2. The molecule has 2 N–H and O–H groups in total. The molecule has 0 aromatic carbocycles. The summed E-state index contributed by atoms with van der Waals surface area (Å²) in [6, 6.07) is 0. The van der Waals surface area contributed by atoms with Crippen LogP contribution in [0.25, 0.3) is 0 Å². The van der Waals surface area contributed by atoms with E-state index < -0.39 is 0 Å². The van der Waals surface area contributed by atoms with E-state index in [2.05, 4.69) is 27.5 Å². The molecule has 1 rings (SSSR count). The molecule has 1 atom stereocenters. The van der Waals surface area contributed by atoms with E-state index in [0.29, 0.717) is 11.1 Å². The Kier molecular flexibility index (Phi) is 4.62. The summed E-state index contributed by atoms with van der Waals surface area (Å²) >= 11 is 5.70. The van der Waals surface area contributed by atoms with Crippen LogP contribution in [0.3, 0.4) is 0 Å². The Balaban J connectivity index is 2.37. The predicted octanol–water partition coefficient (Wildman–Crippen LogP) is 1.40. The highest BCUT2D eigenvalue weighted by Gasteiger charge is 2.01. The Morgan fingerprint density at radius 3 is 2.86 bits per heavy atom. The third-order valence-electron chi connectivity index (χ3n) is 1.79. The van der Waals surface area contributed by atoms with Gasteiger partial charge < -0.3 is 10.6 Å². The summed E-state index contributed by atoms with van der Waals surface area (Å²) in [7, 11) is 1.94. The molecular formula is C9H15ClN4. The lowest BCUT2D eigenvalue weighted by Gasteiger charge is -2.11. The molecule has 0 spiro atoms. The Morgan fingerprint density at radius 1 is 1.43 bits per heavy atom. The predicted molar refractivity (Wildman–Crippen MR) is 58.6 cm³/mol. The number of rotatable bonds is 5. The fraction of sp³-hybridized carbons (Fsp3) is 0.556. The molecule has 0 radical (unpaired) electrons. The van der Waals surface area contributed by atoms with E-state index in [4.69, 9.17) is 11.6 Å². The van der Waals surface area contributed by atoms with Gasteiger partial charge in [0.25, 0.3) is 0 Å². The van der Waals surface area contributed by atoms with Gasteiger partial charge in [-0.3, -0.25) is 4.98 Å². The molecule has 1 heterocycles. The van der Waals surface area contributed by atoms with E-state index in [1.807, 2.05) is 7.05 Å². The van der Waals surface area contributed by atoms with Crippen molar-refractivity contribution in [1.82, 2.24) is 15.3 Å². The largest absolute Gasteiger partial charge is 0.368 e. The minimum atomic E-state index is 0.413. The van der Waals surface area contributed by atoms with Crippen molar-refractivity contribution in [3.8, 4) is 0 Å². The maximum absolute atomic E-state index is 5.70. The average Bonchev–Trinajstić information content (AvgIpc) is 2.15. The van der Waals surface area contributed by atoms with Crippen LogP contribution >= 0.6 is 11.6 Å². The van der Waals surface area contributed by atoms with Crippen molar-refractivity contribution in [1.29, 1.82) is 0 Å². The fourth-order valence-electron chi connectivity index (χ4n) is 1.13. The molecule has 14 heavy (non-hydrogen) atoms. The standard InChI is InChI=1S/C9H15ClN4/c1-7(3-11-2)4-13-9-6-12-5-8(10)14-9/h5-7,11H,3-4H2,1-2H3,(H,13,14). The summed E-state index contributed by atoms with van der Waals surface area (Å²) in [5.41, 5.74) is 0. The van der Waals surface area contributed by atoms with Crippen molar-refractivity contribution in [3.63, 3.8) is 0 Å². The molecule has 0 fully saturated rings. The first-order valence-corrected chi connectivity index (χ1v) is 4.96. The van der Waals surface area contributed by atoms with Crippen molar-refractivity contribution in [2.45, 2.75) is 6.92 Å². The van der Waals surface area contributed by atoms with E-state index in [9.17, 15) is 0 Å². The molecule has 78 valence electrons. The molecule has 5 heteroatoms. The summed E-state index contributed by atoms with van der Waals surface area (Å²) < 4.78 is 0. The zero-order chi connectivity index (χ0) is 10.4. The molecule has 1 aromatic heterocycles. The minimum Gasteiger partial charge on any atom is -0.368 e. The summed E-state index contributed by atoms with van der Waals surface area (Å²) in [6.45, 7) is 3.98. The first-order chi connectivity index (χ1) is 6.72. The summed E-state index contributed by atoms with van der Waals surface area (Å²) in [5.74, 6) is 1.27. The molecule has 0 bridgehead atoms. The zero-order valence-electron chi connectivity index (χ0n) is 8.42. The van der Waals surface area contributed by atoms with Crippen molar-refractivity contribution in [3.05, 3.63) is 17.5 Å². The van der Waals surface area contributed by atoms with Crippen LogP contribution in [0.1, 0.15) is 6.92 Å². The molecule has 1 unspecified atom stereocenters. The van der Waals surface area contributed by atoms with E-state index in [1.165, 1.54) is 6.20 Å². The maximum Gasteiger partial charge on any atom is 0.149 e. The third-order valence-corrected chi connectivity index (χ3v) is 1.97. The molecule has 0 aliphatic rings. The van der Waals surface area contributed by atoms with Gasteiger partial charge >= 0.3 is 0 Å². The number of aromatic nitrogens is 2. The molecular weight excluding hydrogens is 200 g/mol. The molecule has 1 aromatic rings. The van der Waals surface area contributed by atoms with E-state index >= 15 is 0 Å². The van der Waals surface area contributed by atoms with Gasteiger partial charge in [-0.25, -0.2) is 4.98 Å². The Morgan fingerprint density at radius 2 is 2.21 bits per heavy atom. The minimum absolute atomic E-state index is 0.413. The number of halogens is 1. The van der Waals surface area contributed by atoms with Gasteiger partial charge in [0.05, 0.1) is 12.4 Å². The van der Waals surface area contributed by atoms with Gasteiger partial charge in [0.15, 0.2) is 0 Å². The van der Waals surface area contributed by atoms with Crippen LogP contribution in [-0.4, -0.2) is 30.1 Å². The maximum atomic E-state index is 5.70. The van der Waals surface area contributed by atoms with Crippen LogP contribution in [0, 0.1) is 5.92 Å². The number of hydrogen-bond acceptors (Lipinski definition) is 4. The van der Waals surface area contributed by atoms with Crippen LogP contribution < -0.4 is 10.6 Å². The molecule has 0 amide bonds. The Bertz CT molecular complexity index is 279. The van der Waals surface area contributed by atoms with Crippen LogP contribution in [0.15, 0.2) is 12.4 Å². The SMILES string of the molecule is CNCC(C)CNc1cncc(Cl)n1. The normalized spacial score (nSPS) is 12.5. The third kappa shape index (κ3) is 3.89. The summed E-state index contributed by atoms with van der Waals surface area (Å²) in [5, 5.41) is 6.70. The highest BCUT2D eigenvalue weighted by molar-refractivity contribution is 6.29. The summed E-state index contributed by atoms with van der Waals surface area (Å²) in [4.78, 5) is 8.01. The molecule has 0 saturated carbocycles. The second-order valence-corrected chi connectivity index (χ2v) is 3.66. The highest BCUT2D eigenvalue weighted by Crippen LogP contribution is 2.07. The molecule has 0 aliphatic heterocycles. The quantitative estimate of drug-likeness (QED) is 0.778. The van der Waals surface area contributed by atoms with Gasteiger partial charge in [-0.2, -0.15) is 0 Å². The topological polar surface area (TPSA) is 49.8 Å². The van der Waals surface area contributed by atoms with E-state index in [-0.39, 0.29) is 0 Å². The number of nitrogens with one attached hydrogen (secondary N) is 2. The van der Waals surface area contributed by atoms with Crippen molar-refractivity contribution < 1.29 is 0 Å². The van der Waals surface area contributed by atoms with Crippen LogP contribution in [0.5, 0.6) is 0 Å². The van der Waals surface area contributed by atoms with Crippen LogP contribution in [0.2, 0.25) is 5.15 Å². The van der Waals surface area contributed by atoms with Gasteiger partial charge in [-0.1, -0.05) is 18.5 Å². The van der Waals surface area contributed by atoms with Gasteiger partial charge in [-0.15, -0.1) is 0 Å². The first-order valence-electron chi connectivity index (χ1n) is 4.58. The van der Waals surface area contributed by atoms with Gasteiger partial charge in [0.1, 0.15) is 11.0 Å². The lowest BCUT2D eigenvalue weighted by Crippen LogP contribution is -2.23. The second-order valence-electron chi connectivity index (χ2n) is 3.27. The average molecular weight is 215 g/mol. The Hall–Kier alpha value is -0.870. The number of anilines is 1.